The van der Waals surface area contributed by atoms with Crippen LogP contribution in [0.3, 0.4) is 0 Å². The van der Waals surface area contributed by atoms with E-state index in [2.05, 4.69) is 10.6 Å². The Morgan fingerprint density at radius 1 is 1.50 bits per heavy atom. The van der Waals surface area contributed by atoms with Gasteiger partial charge in [0.05, 0.1) is 12.1 Å². The van der Waals surface area contributed by atoms with Crippen molar-refractivity contribution in [2.75, 3.05) is 19.0 Å². The summed E-state index contributed by atoms with van der Waals surface area (Å²) in [5.74, 6) is -0.501. The molecule has 1 heterocycles. The van der Waals surface area contributed by atoms with Gasteiger partial charge in [-0.1, -0.05) is 0 Å². The number of hydrogen-bond donors (Lipinski definition) is 2. The quantitative estimate of drug-likeness (QED) is 0.856. The van der Waals surface area contributed by atoms with Crippen LogP contribution < -0.4 is 10.6 Å². The average molecular weight is 252 g/mol. The lowest BCUT2D eigenvalue weighted by molar-refractivity contribution is -0.118. The normalized spacial score (nSPS) is 23.1. The molecular formula is C13H17FN2O2. The second-order valence-electron chi connectivity index (χ2n) is 4.56. The van der Waals surface area contributed by atoms with Crippen molar-refractivity contribution in [1.82, 2.24) is 5.32 Å². The molecule has 1 saturated heterocycles. The number of rotatable bonds is 3. The monoisotopic (exact) mass is 252 g/mol. The molecule has 1 aliphatic rings. The number of nitrogens with one attached hydrogen (secondary N) is 2. The Bertz CT molecular complexity index is 430. The molecule has 2 atom stereocenters. The molecule has 1 aromatic rings. The maximum atomic E-state index is 13.2. The number of ether oxygens (including phenoxy) is 1. The maximum absolute atomic E-state index is 13.2. The molecule has 0 aliphatic carbocycles. The predicted molar refractivity (Wildman–Crippen MR) is 67.0 cm³/mol. The van der Waals surface area contributed by atoms with Crippen molar-refractivity contribution in [3.05, 3.63) is 29.6 Å². The molecule has 2 unspecified atom stereocenters. The number of hydrogen-bond acceptors (Lipinski definition) is 3. The largest absolute Gasteiger partial charge is 0.380 e. The lowest BCUT2D eigenvalue weighted by Crippen LogP contribution is -2.35. The zero-order chi connectivity index (χ0) is 13.1. The van der Waals surface area contributed by atoms with Gasteiger partial charge < -0.3 is 15.4 Å². The molecule has 0 aromatic heterocycles. The number of anilines is 1. The Hall–Kier alpha value is -1.46. The van der Waals surface area contributed by atoms with Crippen molar-refractivity contribution < 1.29 is 13.9 Å². The van der Waals surface area contributed by atoms with E-state index in [9.17, 15) is 9.18 Å². The molecular weight excluding hydrogens is 235 g/mol. The minimum absolute atomic E-state index is 0.0648. The van der Waals surface area contributed by atoms with E-state index in [0.717, 1.165) is 5.56 Å². The SMILES string of the molecule is COC1CNC(C(=O)Nc2cc(C)cc(F)c2)C1. The molecule has 0 spiro atoms. The Kier molecular flexibility index (Phi) is 3.93. The predicted octanol–water partition coefficient (Wildman–Crippen LogP) is 1.45. The van der Waals surface area contributed by atoms with Gasteiger partial charge in [0.1, 0.15) is 5.82 Å². The molecule has 98 valence electrons. The minimum Gasteiger partial charge on any atom is -0.380 e. The van der Waals surface area contributed by atoms with Crippen LogP contribution in [0.5, 0.6) is 0 Å². The van der Waals surface area contributed by atoms with Gasteiger partial charge in [-0.25, -0.2) is 4.39 Å². The van der Waals surface area contributed by atoms with Crippen LogP contribution in [0.15, 0.2) is 18.2 Å². The number of carbonyl (C=O) groups excluding carboxylic acids is 1. The van der Waals surface area contributed by atoms with E-state index in [1.54, 1.807) is 20.1 Å². The van der Waals surface area contributed by atoms with Crippen LogP contribution in [0, 0.1) is 12.7 Å². The summed E-state index contributed by atoms with van der Waals surface area (Å²) in [6, 6.07) is 4.19. The third-order valence-electron chi connectivity index (χ3n) is 3.05. The highest BCUT2D eigenvalue weighted by molar-refractivity contribution is 5.95. The van der Waals surface area contributed by atoms with Gasteiger partial charge in [-0.2, -0.15) is 0 Å². The first-order valence-electron chi connectivity index (χ1n) is 5.92. The first-order valence-corrected chi connectivity index (χ1v) is 5.92. The van der Waals surface area contributed by atoms with Crippen LogP contribution in [-0.4, -0.2) is 31.7 Å². The summed E-state index contributed by atoms with van der Waals surface area (Å²) in [4.78, 5) is 11.9. The molecule has 1 aromatic carbocycles. The second kappa shape index (κ2) is 5.46. The van der Waals surface area contributed by atoms with Crippen LogP contribution in [-0.2, 0) is 9.53 Å². The van der Waals surface area contributed by atoms with E-state index in [1.807, 2.05) is 0 Å². The van der Waals surface area contributed by atoms with Gasteiger partial charge in [0.15, 0.2) is 0 Å². The second-order valence-corrected chi connectivity index (χ2v) is 4.56. The molecule has 0 radical (unpaired) electrons. The lowest BCUT2D eigenvalue weighted by atomic mass is 10.1. The number of amides is 1. The fourth-order valence-corrected chi connectivity index (χ4v) is 2.12. The molecule has 2 rings (SSSR count). The summed E-state index contributed by atoms with van der Waals surface area (Å²) in [5.41, 5.74) is 1.26. The minimum atomic E-state index is -0.348. The van der Waals surface area contributed by atoms with E-state index < -0.39 is 0 Å². The molecule has 2 N–H and O–H groups in total. The highest BCUT2D eigenvalue weighted by Gasteiger charge is 2.29. The van der Waals surface area contributed by atoms with Crippen LogP contribution in [0.25, 0.3) is 0 Å². The standard InChI is InChI=1S/C13H17FN2O2/c1-8-3-9(14)5-10(4-8)16-13(17)12-6-11(18-2)7-15-12/h3-5,11-12,15H,6-7H2,1-2H3,(H,16,17). The van der Waals surface area contributed by atoms with Crippen molar-refractivity contribution >= 4 is 11.6 Å². The first-order chi connectivity index (χ1) is 8.58. The molecule has 0 saturated carbocycles. The highest BCUT2D eigenvalue weighted by Crippen LogP contribution is 2.16. The maximum Gasteiger partial charge on any atom is 0.241 e. The number of benzene rings is 1. The molecule has 18 heavy (non-hydrogen) atoms. The van der Waals surface area contributed by atoms with Crippen molar-refractivity contribution in [3.8, 4) is 0 Å². The summed E-state index contributed by atoms with van der Waals surface area (Å²) in [7, 11) is 1.63. The van der Waals surface area contributed by atoms with E-state index in [-0.39, 0.29) is 23.9 Å². The van der Waals surface area contributed by atoms with Gasteiger partial charge in [-0.15, -0.1) is 0 Å². The summed E-state index contributed by atoms with van der Waals surface area (Å²) < 4.78 is 18.4. The Morgan fingerprint density at radius 2 is 2.28 bits per heavy atom. The van der Waals surface area contributed by atoms with E-state index >= 15 is 0 Å². The summed E-state index contributed by atoms with van der Waals surface area (Å²) in [5, 5.41) is 5.79. The smallest absolute Gasteiger partial charge is 0.241 e. The number of aryl methyl sites for hydroxylation is 1. The third kappa shape index (κ3) is 3.05. The van der Waals surface area contributed by atoms with Crippen molar-refractivity contribution in [3.63, 3.8) is 0 Å². The lowest BCUT2D eigenvalue weighted by Gasteiger charge is -2.12. The first kappa shape index (κ1) is 13.0. The molecule has 0 bridgehead atoms. The summed E-state index contributed by atoms with van der Waals surface area (Å²) in [6.45, 7) is 2.45. The Balaban J connectivity index is 1.99. The highest BCUT2D eigenvalue weighted by atomic mass is 19.1. The van der Waals surface area contributed by atoms with Crippen LogP contribution >= 0.6 is 0 Å². The topological polar surface area (TPSA) is 50.4 Å². The van der Waals surface area contributed by atoms with Crippen molar-refractivity contribution in [2.24, 2.45) is 0 Å². The zero-order valence-corrected chi connectivity index (χ0v) is 10.5. The van der Waals surface area contributed by atoms with Gasteiger partial charge in [-0.3, -0.25) is 4.79 Å². The molecule has 1 fully saturated rings. The van der Waals surface area contributed by atoms with Crippen molar-refractivity contribution in [1.29, 1.82) is 0 Å². The van der Waals surface area contributed by atoms with Gasteiger partial charge >= 0.3 is 0 Å². The van der Waals surface area contributed by atoms with Gasteiger partial charge in [-0.05, 0) is 37.1 Å². The van der Waals surface area contributed by atoms with Crippen LogP contribution in [0.1, 0.15) is 12.0 Å². The van der Waals surface area contributed by atoms with Gasteiger partial charge in [0.2, 0.25) is 5.91 Å². The number of carbonyl (C=O) groups is 1. The summed E-state index contributed by atoms with van der Waals surface area (Å²) in [6.07, 6.45) is 0.700. The van der Waals surface area contributed by atoms with Crippen LogP contribution in [0.2, 0.25) is 0 Å². The van der Waals surface area contributed by atoms with Crippen LogP contribution in [0.4, 0.5) is 10.1 Å². The van der Waals surface area contributed by atoms with Gasteiger partial charge in [0.25, 0.3) is 0 Å². The van der Waals surface area contributed by atoms with E-state index in [0.29, 0.717) is 18.7 Å². The fourth-order valence-electron chi connectivity index (χ4n) is 2.12. The van der Waals surface area contributed by atoms with E-state index in [4.69, 9.17) is 4.74 Å². The van der Waals surface area contributed by atoms with Gasteiger partial charge in [0, 0.05) is 19.3 Å². The molecule has 1 aliphatic heterocycles. The fraction of sp³-hybridized carbons (Fsp3) is 0.462. The number of methoxy groups -OCH3 is 1. The number of halogens is 1. The molecule has 5 heteroatoms. The Labute approximate surface area is 106 Å². The Morgan fingerprint density at radius 3 is 2.89 bits per heavy atom. The molecule has 4 nitrogen and oxygen atoms in total. The third-order valence-corrected chi connectivity index (χ3v) is 3.05. The molecule has 1 amide bonds. The van der Waals surface area contributed by atoms with E-state index in [1.165, 1.54) is 12.1 Å². The summed E-state index contributed by atoms with van der Waals surface area (Å²) >= 11 is 0. The zero-order valence-electron chi connectivity index (χ0n) is 10.5. The average Bonchev–Trinajstić information content (AvgIpc) is 2.75. The van der Waals surface area contributed by atoms with Crippen molar-refractivity contribution in [2.45, 2.75) is 25.5 Å².